The maximum Gasteiger partial charge on any atom is 0.503 e. The van der Waals surface area contributed by atoms with Gasteiger partial charge in [-0.3, -0.25) is 9.59 Å². The Morgan fingerprint density at radius 3 is 1.73 bits per heavy atom. The van der Waals surface area contributed by atoms with Crippen molar-refractivity contribution in [2.24, 2.45) is 11.7 Å². The van der Waals surface area contributed by atoms with Gasteiger partial charge in [-0.15, -0.1) is 0 Å². The first-order valence-corrected chi connectivity index (χ1v) is 9.26. The van der Waals surface area contributed by atoms with Crippen LogP contribution in [0, 0.1) is 5.92 Å². The summed E-state index contributed by atoms with van der Waals surface area (Å²) < 4.78 is 15.9. The van der Waals surface area contributed by atoms with Crippen LogP contribution in [-0.2, 0) is 22.9 Å². The van der Waals surface area contributed by atoms with Crippen LogP contribution >= 0.6 is 0 Å². The number of hydrogen-bond acceptors (Lipinski definition) is 5. The molecule has 7 nitrogen and oxygen atoms in total. The highest BCUT2D eigenvalue weighted by atomic mass is 28.4. The molecule has 3 N–H and O–H groups in total. The molecule has 2 unspecified atom stereocenters. The predicted octanol–water partition coefficient (Wildman–Crippen LogP) is 1.30. The summed E-state index contributed by atoms with van der Waals surface area (Å²) >= 11 is 0. The van der Waals surface area contributed by atoms with Crippen molar-refractivity contribution in [2.45, 2.75) is 46.1 Å². The van der Waals surface area contributed by atoms with E-state index in [1.807, 2.05) is 6.92 Å². The van der Waals surface area contributed by atoms with Crippen LogP contribution in [-0.4, -0.2) is 48.5 Å². The number of nitrogens with two attached hydrogens (primary N) is 1. The number of carbonyl (C=O) groups is 2. The van der Waals surface area contributed by atoms with Crippen LogP contribution in [0.4, 0.5) is 0 Å². The molecule has 0 spiro atoms. The van der Waals surface area contributed by atoms with Gasteiger partial charge in [0.25, 0.3) is 0 Å². The molecular weight excluding hydrogens is 304 g/mol. The van der Waals surface area contributed by atoms with E-state index in [4.69, 9.17) is 19.0 Å². The third-order valence-corrected chi connectivity index (χ3v) is 6.89. The first kappa shape index (κ1) is 23.3. The Morgan fingerprint density at radius 2 is 1.50 bits per heavy atom. The van der Waals surface area contributed by atoms with Crippen LogP contribution in [0.3, 0.4) is 0 Å². The van der Waals surface area contributed by atoms with E-state index < -0.39 is 14.7 Å². The molecule has 8 heteroatoms. The standard InChI is InChI=1S/C7H14N2O2.C7H18O3Si/c1-3-5(2)7(11)9-4-6(8)10;1-6-7(2)11(8-3,9-4)10-5/h5H,3-4H2,1-2H3,(H2,8,10)(H,9,11);7H,6H2,1-5H3. The van der Waals surface area contributed by atoms with E-state index in [1.165, 1.54) is 0 Å². The SMILES string of the molecule is CCC(C)C(=O)NCC(N)=O.CCC(C)[Si](OC)(OC)OC. The Kier molecular flexibility index (Phi) is 13.3. The average molecular weight is 337 g/mol. The Hall–Kier alpha value is -0.963. The lowest BCUT2D eigenvalue weighted by atomic mass is 10.1. The maximum absolute atomic E-state index is 11.0. The summed E-state index contributed by atoms with van der Waals surface area (Å²) in [5, 5.41) is 2.42. The minimum Gasteiger partial charge on any atom is -0.377 e. The van der Waals surface area contributed by atoms with Gasteiger partial charge in [-0.1, -0.05) is 27.7 Å². The zero-order valence-corrected chi connectivity index (χ0v) is 15.9. The van der Waals surface area contributed by atoms with Crippen molar-refractivity contribution < 1.29 is 22.9 Å². The summed E-state index contributed by atoms with van der Waals surface area (Å²) in [4.78, 5) is 21.2. The quantitative estimate of drug-likeness (QED) is 0.618. The normalized spacial score (nSPS) is 13.6. The molecule has 0 aromatic carbocycles. The first-order valence-electron chi connectivity index (χ1n) is 7.45. The van der Waals surface area contributed by atoms with Crippen LogP contribution in [0.15, 0.2) is 0 Å². The summed E-state index contributed by atoms with van der Waals surface area (Å²) in [7, 11) is 2.61. The van der Waals surface area contributed by atoms with Gasteiger partial charge in [-0.25, -0.2) is 0 Å². The monoisotopic (exact) mass is 336 g/mol. The van der Waals surface area contributed by atoms with Crippen molar-refractivity contribution in [3.63, 3.8) is 0 Å². The highest BCUT2D eigenvalue weighted by Crippen LogP contribution is 2.25. The summed E-state index contributed by atoms with van der Waals surface area (Å²) in [5.41, 5.74) is 5.19. The molecule has 132 valence electrons. The highest BCUT2D eigenvalue weighted by Gasteiger charge is 2.43. The molecule has 0 aromatic rings. The van der Waals surface area contributed by atoms with E-state index in [0.29, 0.717) is 5.54 Å². The van der Waals surface area contributed by atoms with Gasteiger partial charge in [0, 0.05) is 32.8 Å². The molecule has 0 radical (unpaired) electrons. The summed E-state index contributed by atoms with van der Waals surface area (Å²) in [5.74, 6) is -0.678. The minimum atomic E-state index is -2.32. The summed E-state index contributed by atoms with van der Waals surface area (Å²) in [6.45, 7) is 7.83. The fraction of sp³-hybridized carbons (Fsp3) is 0.857. The van der Waals surface area contributed by atoms with E-state index in [0.717, 1.165) is 12.8 Å². The second kappa shape index (κ2) is 12.6. The number of carbonyl (C=O) groups excluding carboxylic acids is 2. The molecule has 0 rings (SSSR count). The Labute approximate surface area is 135 Å². The van der Waals surface area contributed by atoms with Crippen LogP contribution in [0.2, 0.25) is 5.54 Å². The van der Waals surface area contributed by atoms with Crippen LogP contribution in [0.1, 0.15) is 40.5 Å². The lowest BCUT2D eigenvalue weighted by Crippen LogP contribution is -2.46. The Bertz CT molecular complexity index is 316. The molecular formula is C14H32N2O5Si. The number of rotatable bonds is 9. The van der Waals surface area contributed by atoms with Crippen molar-refractivity contribution in [1.82, 2.24) is 5.32 Å². The largest absolute Gasteiger partial charge is 0.503 e. The van der Waals surface area contributed by atoms with Crippen molar-refractivity contribution in [3.05, 3.63) is 0 Å². The number of primary amides is 1. The number of amides is 2. The average Bonchev–Trinajstić information content (AvgIpc) is 2.54. The van der Waals surface area contributed by atoms with E-state index in [2.05, 4.69) is 19.2 Å². The zero-order valence-electron chi connectivity index (χ0n) is 14.9. The molecule has 0 aromatic heterocycles. The summed E-state index contributed by atoms with van der Waals surface area (Å²) in [6, 6.07) is 0. The molecule has 0 aliphatic rings. The Balaban J connectivity index is 0. The third kappa shape index (κ3) is 8.47. The second-order valence-corrected chi connectivity index (χ2v) is 8.44. The van der Waals surface area contributed by atoms with Gasteiger partial charge < -0.3 is 24.3 Å². The molecule has 0 fully saturated rings. The van der Waals surface area contributed by atoms with E-state index in [1.54, 1.807) is 28.3 Å². The minimum absolute atomic E-state index is 0.0469. The molecule has 0 aliphatic carbocycles. The number of nitrogens with one attached hydrogen (secondary N) is 1. The topological polar surface area (TPSA) is 99.9 Å². The molecule has 0 saturated heterocycles. The molecule has 0 aliphatic heterocycles. The zero-order chi connectivity index (χ0) is 17.8. The summed E-state index contributed by atoms with van der Waals surface area (Å²) in [6.07, 6.45) is 1.78. The third-order valence-electron chi connectivity index (χ3n) is 3.57. The van der Waals surface area contributed by atoms with Crippen LogP contribution in [0.25, 0.3) is 0 Å². The van der Waals surface area contributed by atoms with Gasteiger partial charge in [0.15, 0.2) is 0 Å². The van der Waals surface area contributed by atoms with Crippen LogP contribution < -0.4 is 11.1 Å². The van der Waals surface area contributed by atoms with Crippen LogP contribution in [0.5, 0.6) is 0 Å². The predicted molar refractivity (Wildman–Crippen MR) is 88.2 cm³/mol. The maximum atomic E-state index is 11.0. The van der Waals surface area contributed by atoms with Gasteiger partial charge >= 0.3 is 8.80 Å². The second-order valence-electron chi connectivity index (χ2n) is 5.02. The molecule has 2 amide bonds. The van der Waals surface area contributed by atoms with Crippen molar-refractivity contribution in [2.75, 3.05) is 27.9 Å². The van der Waals surface area contributed by atoms with Crippen molar-refractivity contribution in [1.29, 1.82) is 0 Å². The molecule has 0 bridgehead atoms. The van der Waals surface area contributed by atoms with Gasteiger partial charge in [-0.2, -0.15) is 0 Å². The first-order chi connectivity index (χ1) is 10.2. The molecule has 0 saturated carbocycles. The smallest absolute Gasteiger partial charge is 0.377 e. The van der Waals surface area contributed by atoms with Gasteiger partial charge in [0.2, 0.25) is 11.8 Å². The van der Waals surface area contributed by atoms with Gasteiger partial charge in [-0.05, 0) is 12.8 Å². The Morgan fingerprint density at radius 1 is 1.05 bits per heavy atom. The number of hydrogen-bond donors (Lipinski definition) is 2. The van der Waals surface area contributed by atoms with E-state index >= 15 is 0 Å². The molecule has 22 heavy (non-hydrogen) atoms. The lowest BCUT2D eigenvalue weighted by molar-refractivity contribution is -0.127. The van der Waals surface area contributed by atoms with Crippen molar-refractivity contribution >= 4 is 20.6 Å². The lowest BCUT2D eigenvalue weighted by Gasteiger charge is -2.29. The van der Waals surface area contributed by atoms with E-state index in [9.17, 15) is 9.59 Å². The van der Waals surface area contributed by atoms with Crippen molar-refractivity contribution in [3.8, 4) is 0 Å². The molecule has 0 heterocycles. The molecule has 2 atom stereocenters. The van der Waals surface area contributed by atoms with Gasteiger partial charge in [0.05, 0.1) is 6.54 Å². The fourth-order valence-corrected chi connectivity index (χ4v) is 3.84. The fourth-order valence-electron chi connectivity index (χ4n) is 1.64. The highest BCUT2D eigenvalue weighted by molar-refractivity contribution is 6.62. The van der Waals surface area contributed by atoms with E-state index in [-0.39, 0.29) is 18.4 Å². The van der Waals surface area contributed by atoms with Gasteiger partial charge in [0.1, 0.15) is 0 Å².